The van der Waals surface area contributed by atoms with Gasteiger partial charge in [0.25, 0.3) is 5.91 Å². The summed E-state index contributed by atoms with van der Waals surface area (Å²) < 4.78 is 0. The van der Waals surface area contributed by atoms with Crippen molar-refractivity contribution < 1.29 is 9.59 Å². The van der Waals surface area contributed by atoms with Crippen LogP contribution in [0.15, 0.2) is 48.5 Å². The molecule has 2 aliphatic rings. The molecular formula is C24H29N3O2. The number of hydrogen-bond acceptors (Lipinski definition) is 4. The van der Waals surface area contributed by atoms with Crippen LogP contribution in [-0.4, -0.2) is 42.9 Å². The maximum absolute atomic E-state index is 12.9. The maximum atomic E-state index is 12.9. The van der Waals surface area contributed by atoms with E-state index in [2.05, 4.69) is 17.6 Å². The van der Waals surface area contributed by atoms with Crippen molar-refractivity contribution in [3.05, 3.63) is 70.8 Å². The van der Waals surface area contributed by atoms with Crippen LogP contribution in [0.3, 0.4) is 0 Å². The Morgan fingerprint density at radius 3 is 2.17 bits per heavy atom. The Labute approximate surface area is 172 Å². The first kappa shape index (κ1) is 19.8. The largest absolute Gasteiger partial charge is 0.339 e. The van der Waals surface area contributed by atoms with Gasteiger partial charge in [-0.15, -0.1) is 0 Å². The van der Waals surface area contributed by atoms with Crippen LogP contribution >= 0.6 is 0 Å². The number of rotatable bonds is 4. The molecule has 2 N–H and O–H groups in total. The first-order valence-electron chi connectivity index (χ1n) is 10.4. The van der Waals surface area contributed by atoms with Crippen LogP contribution in [-0.2, 0) is 5.54 Å². The highest BCUT2D eigenvalue weighted by molar-refractivity contribution is 5.98. The standard InChI is InChI=1S/C24H29N3O2/c1-17-3-5-18(6-4-17)22(28)19-11-13-27(14-12-19)23(29)20-7-9-21(10-8-20)24(2)15-25-16-26-24/h3-10,19,25-26H,11-16H2,1-2H3. The van der Waals surface area contributed by atoms with Crippen molar-refractivity contribution >= 4 is 11.7 Å². The molecule has 0 aromatic heterocycles. The number of aryl methyl sites for hydroxylation is 1. The van der Waals surface area contributed by atoms with Crippen LogP contribution in [0, 0.1) is 12.8 Å². The maximum Gasteiger partial charge on any atom is 0.253 e. The van der Waals surface area contributed by atoms with Crippen molar-refractivity contribution in [3.63, 3.8) is 0 Å². The number of nitrogens with zero attached hydrogens (tertiary/aromatic N) is 1. The van der Waals surface area contributed by atoms with E-state index in [-0.39, 0.29) is 23.1 Å². The molecule has 0 spiro atoms. The summed E-state index contributed by atoms with van der Waals surface area (Å²) in [5, 5.41) is 6.77. The van der Waals surface area contributed by atoms with Crippen molar-refractivity contribution in [1.82, 2.24) is 15.5 Å². The van der Waals surface area contributed by atoms with Gasteiger partial charge in [-0.3, -0.25) is 14.9 Å². The van der Waals surface area contributed by atoms with Gasteiger partial charge in [0.2, 0.25) is 0 Å². The zero-order chi connectivity index (χ0) is 20.4. The number of nitrogens with one attached hydrogen (secondary N) is 2. The number of piperidine rings is 1. The number of carbonyl (C=O) groups is 2. The summed E-state index contributed by atoms with van der Waals surface area (Å²) >= 11 is 0. The predicted octanol–water partition coefficient (Wildman–Crippen LogP) is 3.10. The van der Waals surface area contributed by atoms with Gasteiger partial charge in [0, 0.05) is 43.3 Å². The van der Waals surface area contributed by atoms with Crippen LogP contribution < -0.4 is 10.6 Å². The molecule has 2 saturated heterocycles. The summed E-state index contributed by atoms with van der Waals surface area (Å²) in [6.45, 7) is 7.13. The lowest BCUT2D eigenvalue weighted by molar-refractivity contribution is 0.0650. The van der Waals surface area contributed by atoms with Crippen molar-refractivity contribution in [3.8, 4) is 0 Å². The summed E-state index contributed by atoms with van der Waals surface area (Å²) in [6, 6.07) is 15.7. The minimum absolute atomic E-state index is 0.00465. The van der Waals surface area contributed by atoms with Crippen molar-refractivity contribution in [2.75, 3.05) is 26.3 Å². The Balaban J connectivity index is 1.36. The van der Waals surface area contributed by atoms with Gasteiger partial charge in [-0.2, -0.15) is 0 Å². The monoisotopic (exact) mass is 391 g/mol. The van der Waals surface area contributed by atoms with Gasteiger partial charge >= 0.3 is 0 Å². The van der Waals surface area contributed by atoms with Crippen LogP contribution in [0.5, 0.6) is 0 Å². The van der Waals surface area contributed by atoms with E-state index in [0.29, 0.717) is 18.7 Å². The quantitative estimate of drug-likeness (QED) is 0.787. The highest BCUT2D eigenvalue weighted by Gasteiger charge is 2.31. The topological polar surface area (TPSA) is 61.4 Å². The number of carbonyl (C=O) groups excluding carboxylic acids is 2. The lowest BCUT2D eigenvalue weighted by atomic mass is 9.88. The molecule has 2 fully saturated rings. The minimum Gasteiger partial charge on any atom is -0.339 e. The third-order valence-electron chi connectivity index (χ3n) is 6.34. The highest BCUT2D eigenvalue weighted by atomic mass is 16.2. The Bertz CT molecular complexity index is 875. The van der Waals surface area contributed by atoms with Crippen molar-refractivity contribution in [1.29, 1.82) is 0 Å². The van der Waals surface area contributed by atoms with Crippen LogP contribution in [0.2, 0.25) is 0 Å². The molecular weight excluding hydrogens is 362 g/mol. The molecule has 1 unspecified atom stereocenters. The average Bonchev–Trinajstić information content (AvgIpc) is 3.21. The first-order valence-corrected chi connectivity index (χ1v) is 10.4. The first-order chi connectivity index (χ1) is 14.0. The molecule has 2 heterocycles. The van der Waals surface area contributed by atoms with E-state index >= 15 is 0 Å². The molecule has 0 aliphatic carbocycles. The molecule has 2 aromatic rings. The SMILES string of the molecule is Cc1ccc(C(=O)C2CCN(C(=O)c3ccc(C4(C)CNCN4)cc3)CC2)cc1. The lowest BCUT2D eigenvalue weighted by Gasteiger charge is -2.31. The highest BCUT2D eigenvalue weighted by Crippen LogP contribution is 2.25. The van der Waals surface area contributed by atoms with E-state index in [1.165, 1.54) is 5.56 Å². The molecule has 2 aliphatic heterocycles. The molecule has 0 saturated carbocycles. The summed E-state index contributed by atoms with van der Waals surface area (Å²) in [7, 11) is 0. The third kappa shape index (κ3) is 4.11. The molecule has 1 amide bonds. The molecule has 0 bridgehead atoms. The van der Waals surface area contributed by atoms with Crippen LogP contribution in [0.1, 0.15) is 51.6 Å². The molecule has 2 aromatic carbocycles. The van der Waals surface area contributed by atoms with Gasteiger partial charge in [0.15, 0.2) is 5.78 Å². The van der Waals surface area contributed by atoms with E-state index in [1.807, 2.05) is 60.4 Å². The summed E-state index contributed by atoms with van der Waals surface area (Å²) in [5.41, 5.74) is 3.74. The smallest absolute Gasteiger partial charge is 0.253 e. The number of hydrogen-bond donors (Lipinski definition) is 2. The number of amides is 1. The van der Waals surface area contributed by atoms with Gasteiger partial charge in [-0.1, -0.05) is 42.0 Å². The van der Waals surface area contributed by atoms with Crippen LogP contribution in [0.25, 0.3) is 0 Å². The fourth-order valence-corrected chi connectivity index (χ4v) is 4.30. The number of benzene rings is 2. The Hall–Kier alpha value is -2.50. The Morgan fingerprint density at radius 2 is 1.59 bits per heavy atom. The molecule has 5 nitrogen and oxygen atoms in total. The second kappa shape index (κ2) is 8.09. The molecule has 152 valence electrons. The van der Waals surface area contributed by atoms with Gasteiger partial charge in [0.1, 0.15) is 0 Å². The predicted molar refractivity (Wildman–Crippen MR) is 114 cm³/mol. The molecule has 29 heavy (non-hydrogen) atoms. The molecule has 0 radical (unpaired) electrons. The second-order valence-electron chi connectivity index (χ2n) is 8.49. The Kier molecular flexibility index (Phi) is 5.52. The molecule has 4 rings (SSSR count). The zero-order valence-corrected chi connectivity index (χ0v) is 17.2. The zero-order valence-electron chi connectivity index (χ0n) is 17.2. The minimum atomic E-state index is -0.0870. The number of ketones is 1. The van der Waals surface area contributed by atoms with Crippen molar-refractivity contribution in [2.24, 2.45) is 5.92 Å². The average molecular weight is 392 g/mol. The van der Waals surface area contributed by atoms with E-state index in [0.717, 1.165) is 37.2 Å². The van der Waals surface area contributed by atoms with Gasteiger partial charge < -0.3 is 10.2 Å². The van der Waals surface area contributed by atoms with Gasteiger partial charge in [-0.25, -0.2) is 0 Å². The van der Waals surface area contributed by atoms with E-state index in [4.69, 9.17) is 0 Å². The van der Waals surface area contributed by atoms with E-state index in [1.54, 1.807) is 0 Å². The van der Waals surface area contributed by atoms with Crippen molar-refractivity contribution in [2.45, 2.75) is 32.2 Å². The van der Waals surface area contributed by atoms with Gasteiger partial charge in [-0.05, 0) is 44.4 Å². The lowest BCUT2D eigenvalue weighted by Crippen LogP contribution is -2.40. The number of likely N-dealkylation sites (tertiary alicyclic amines) is 1. The second-order valence-corrected chi connectivity index (χ2v) is 8.49. The summed E-state index contributed by atoms with van der Waals surface area (Å²) in [4.78, 5) is 27.5. The van der Waals surface area contributed by atoms with Crippen LogP contribution in [0.4, 0.5) is 0 Å². The van der Waals surface area contributed by atoms with E-state index < -0.39 is 0 Å². The van der Waals surface area contributed by atoms with E-state index in [9.17, 15) is 9.59 Å². The summed E-state index contributed by atoms with van der Waals surface area (Å²) in [5.74, 6) is 0.262. The third-order valence-corrected chi connectivity index (χ3v) is 6.34. The fraction of sp³-hybridized carbons (Fsp3) is 0.417. The Morgan fingerprint density at radius 1 is 0.966 bits per heavy atom. The molecule has 1 atom stereocenters. The fourth-order valence-electron chi connectivity index (χ4n) is 4.30. The number of Topliss-reactive ketones (excluding diaryl/α,β-unsaturated/α-hetero) is 1. The molecule has 5 heteroatoms. The van der Waals surface area contributed by atoms with Gasteiger partial charge in [0.05, 0.1) is 5.54 Å². The normalized spacial score (nSPS) is 22.6. The summed E-state index contributed by atoms with van der Waals surface area (Å²) in [6.07, 6.45) is 1.45.